The van der Waals surface area contributed by atoms with E-state index in [1.54, 1.807) is 11.8 Å². The van der Waals surface area contributed by atoms with E-state index in [1.807, 2.05) is 11.2 Å². The molecule has 1 aliphatic rings. The van der Waals surface area contributed by atoms with Gasteiger partial charge in [0.2, 0.25) is 5.91 Å². The maximum absolute atomic E-state index is 11.9. The van der Waals surface area contributed by atoms with Crippen molar-refractivity contribution in [2.45, 2.75) is 37.5 Å². The van der Waals surface area contributed by atoms with Gasteiger partial charge in [0, 0.05) is 13.1 Å². The first kappa shape index (κ1) is 13.2. The lowest BCUT2D eigenvalue weighted by Crippen LogP contribution is -2.37. The number of carbonyl (C=O) groups excluding carboxylic acids is 1. The van der Waals surface area contributed by atoms with Crippen LogP contribution < -0.4 is 0 Å². The summed E-state index contributed by atoms with van der Waals surface area (Å²) in [6, 6.07) is 0. The fourth-order valence-electron chi connectivity index (χ4n) is 1.83. The summed E-state index contributed by atoms with van der Waals surface area (Å²) >= 11 is 7.84. The zero-order valence-corrected chi connectivity index (χ0v) is 10.9. The molecule has 2 nitrogen and oxygen atoms in total. The number of amides is 1. The summed E-state index contributed by atoms with van der Waals surface area (Å²) in [5.41, 5.74) is 0. The fourth-order valence-corrected chi connectivity index (χ4v) is 2.68. The zero-order valence-electron chi connectivity index (χ0n) is 9.38. The van der Waals surface area contributed by atoms with Gasteiger partial charge >= 0.3 is 0 Å². The van der Waals surface area contributed by atoms with E-state index in [0.29, 0.717) is 0 Å². The summed E-state index contributed by atoms with van der Waals surface area (Å²) in [5, 5.41) is -0.310. The first-order chi connectivity index (χ1) is 7.25. The average Bonchev–Trinajstić information content (AvgIpc) is 2.53. The SMILES string of the molecule is CSCCC(Cl)C(=O)N1CCCCCC1. The van der Waals surface area contributed by atoms with Crippen molar-refractivity contribution in [1.82, 2.24) is 4.90 Å². The van der Waals surface area contributed by atoms with Crippen LogP contribution in [0.25, 0.3) is 0 Å². The Morgan fingerprint density at radius 2 is 1.93 bits per heavy atom. The first-order valence-electron chi connectivity index (χ1n) is 5.67. The van der Waals surface area contributed by atoms with Crippen molar-refractivity contribution in [3.63, 3.8) is 0 Å². The molecule has 0 radical (unpaired) electrons. The number of hydrogen-bond donors (Lipinski definition) is 0. The Balaban J connectivity index is 2.35. The summed E-state index contributed by atoms with van der Waals surface area (Å²) < 4.78 is 0. The Morgan fingerprint density at radius 3 is 2.47 bits per heavy atom. The van der Waals surface area contributed by atoms with Gasteiger partial charge in [0.25, 0.3) is 0 Å². The van der Waals surface area contributed by atoms with Crippen LogP contribution in [0, 0.1) is 0 Å². The van der Waals surface area contributed by atoms with Crippen molar-refractivity contribution in [3.05, 3.63) is 0 Å². The van der Waals surface area contributed by atoms with Crippen LogP contribution in [0.1, 0.15) is 32.1 Å². The van der Waals surface area contributed by atoms with Crippen molar-refractivity contribution < 1.29 is 4.79 Å². The molecule has 1 aliphatic heterocycles. The molecule has 1 fully saturated rings. The predicted octanol–water partition coefficient (Wildman–Crippen LogP) is 2.75. The van der Waals surface area contributed by atoms with Crippen LogP contribution in [0.2, 0.25) is 0 Å². The van der Waals surface area contributed by atoms with Crippen molar-refractivity contribution >= 4 is 29.3 Å². The molecule has 0 aromatic carbocycles. The molecule has 0 aromatic rings. The molecular weight excluding hydrogens is 230 g/mol. The number of halogens is 1. The molecule has 0 aliphatic carbocycles. The summed E-state index contributed by atoms with van der Waals surface area (Å²) in [5.74, 6) is 1.11. The van der Waals surface area contributed by atoms with E-state index in [0.717, 1.165) is 38.1 Å². The second kappa shape index (κ2) is 7.39. The van der Waals surface area contributed by atoms with Gasteiger partial charge in [-0.15, -0.1) is 11.6 Å². The van der Waals surface area contributed by atoms with Crippen LogP contribution in [0.4, 0.5) is 0 Å². The number of hydrogen-bond acceptors (Lipinski definition) is 2. The third kappa shape index (κ3) is 4.64. The molecule has 15 heavy (non-hydrogen) atoms. The van der Waals surface area contributed by atoms with E-state index in [-0.39, 0.29) is 11.3 Å². The van der Waals surface area contributed by atoms with Crippen molar-refractivity contribution in [3.8, 4) is 0 Å². The van der Waals surface area contributed by atoms with Gasteiger partial charge in [0.05, 0.1) is 0 Å². The van der Waals surface area contributed by atoms with Gasteiger partial charge < -0.3 is 4.90 Å². The van der Waals surface area contributed by atoms with E-state index in [9.17, 15) is 4.79 Å². The molecule has 1 atom stereocenters. The maximum atomic E-state index is 11.9. The minimum atomic E-state index is -0.310. The van der Waals surface area contributed by atoms with Crippen LogP contribution in [-0.4, -0.2) is 41.3 Å². The lowest BCUT2D eigenvalue weighted by molar-refractivity contribution is -0.130. The fraction of sp³-hybridized carbons (Fsp3) is 0.909. The highest BCUT2D eigenvalue weighted by molar-refractivity contribution is 7.98. The second-order valence-corrected chi connectivity index (χ2v) is 5.50. The minimum absolute atomic E-state index is 0.146. The number of rotatable bonds is 4. The molecule has 1 amide bonds. The largest absolute Gasteiger partial charge is 0.341 e. The van der Waals surface area contributed by atoms with Crippen molar-refractivity contribution in [2.24, 2.45) is 0 Å². The van der Waals surface area contributed by atoms with Gasteiger partial charge in [-0.1, -0.05) is 12.8 Å². The van der Waals surface area contributed by atoms with Gasteiger partial charge in [-0.3, -0.25) is 4.79 Å². The van der Waals surface area contributed by atoms with E-state index in [4.69, 9.17) is 11.6 Å². The number of alkyl halides is 1. The number of carbonyl (C=O) groups is 1. The molecule has 0 bridgehead atoms. The Bertz CT molecular complexity index is 193. The second-order valence-electron chi connectivity index (χ2n) is 3.99. The monoisotopic (exact) mass is 249 g/mol. The van der Waals surface area contributed by atoms with Gasteiger partial charge in [0.15, 0.2) is 0 Å². The summed E-state index contributed by atoms with van der Waals surface area (Å²) in [6.45, 7) is 1.81. The lowest BCUT2D eigenvalue weighted by atomic mass is 10.2. The quantitative estimate of drug-likeness (QED) is 0.715. The Labute approximate surface area is 102 Å². The lowest BCUT2D eigenvalue weighted by Gasteiger charge is -2.22. The highest BCUT2D eigenvalue weighted by Crippen LogP contribution is 2.15. The van der Waals surface area contributed by atoms with Crippen LogP contribution in [-0.2, 0) is 4.79 Å². The molecule has 1 rings (SSSR count). The first-order valence-corrected chi connectivity index (χ1v) is 7.50. The number of likely N-dealkylation sites (tertiary alicyclic amines) is 1. The van der Waals surface area contributed by atoms with E-state index < -0.39 is 0 Å². The van der Waals surface area contributed by atoms with Crippen LogP contribution in [0.5, 0.6) is 0 Å². The Hall–Kier alpha value is 0.110. The third-order valence-corrected chi connectivity index (χ3v) is 3.81. The molecule has 0 aromatic heterocycles. The van der Waals surface area contributed by atoms with Crippen LogP contribution >= 0.6 is 23.4 Å². The molecule has 1 saturated heterocycles. The van der Waals surface area contributed by atoms with Crippen LogP contribution in [0.15, 0.2) is 0 Å². The Morgan fingerprint density at radius 1 is 1.33 bits per heavy atom. The van der Waals surface area contributed by atoms with Crippen LogP contribution in [0.3, 0.4) is 0 Å². The molecular formula is C11H20ClNOS. The van der Waals surface area contributed by atoms with Gasteiger partial charge in [-0.25, -0.2) is 0 Å². The highest BCUT2D eigenvalue weighted by Gasteiger charge is 2.22. The van der Waals surface area contributed by atoms with E-state index >= 15 is 0 Å². The summed E-state index contributed by atoms with van der Waals surface area (Å²) in [6.07, 6.45) is 7.61. The van der Waals surface area contributed by atoms with Gasteiger partial charge in [0.1, 0.15) is 5.38 Å². The Kier molecular flexibility index (Phi) is 6.50. The van der Waals surface area contributed by atoms with Crippen molar-refractivity contribution in [1.29, 1.82) is 0 Å². The molecule has 1 heterocycles. The third-order valence-electron chi connectivity index (χ3n) is 2.76. The summed E-state index contributed by atoms with van der Waals surface area (Å²) in [7, 11) is 0. The smallest absolute Gasteiger partial charge is 0.240 e. The average molecular weight is 250 g/mol. The highest BCUT2D eigenvalue weighted by atomic mass is 35.5. The normalized spacial score (nSPS) is 19.7. The molecule has 4 heteroatoms. The van der Waals surface area contributed by atoms with Crippen molar-refractivity contribution in [2.75, 3.05) is 25.1 Å². The number of nitrogens with zero attached hydrogens (tertiary/aromatic N) is 1. The molecule has 0 N–H and O–H groups in total. The van der Waals surface area contributed by atoms with Gasteiger partial charge in [-0.05, 0) is 31.3 Å². The standard InChI is InChI=1S/C11H20ClNOS/c1-15-9-6-10(12)11(14)13-7-4-2-3-5-8-13/h10H,2-9H2,1H3. The summed E-state index contributed by atoms with van der Waals surface area (Å²) in [4.78, 5) is 13.9. The molecule has 0 saturated carbocycles. The topological polar surface area (TPSA) is 20.3 Å². The molecule has 88 valence electrons. The zero-order chi connectivity index (χ0) is 11.1. The minimum Gasteiger partial charge on any atom is -0.341 e. The molecule has 1 unspecified atom stereocenters. The maximum Gasteiger partial charge on any atom is 0.240 e. The molecule has 0 spiro atoms. The van der Waals surface area contributed by atoms with E-state index in [1.165, 1.54) is 12.8 Å². The van der Waals surface area contributed by atoms with Gasteiger partial charge in [-0.2, -0.15) is 11.8 Å². The van der Waals surface area contributed by atoms with E-state index in [2.05, 4.69) is 0 Å². The number of thioether (sulfide) groups is 1. The predicted molar refractivity (Wildman–Crippen MR) is 67.7 cm³/mol.